The Morgan fingerprint density at radius 3 is 2.60 bits per heavy atom. The Hall–Kier alpha value is -1.56. The van der Waals surface area contributed by atoms with E-state index in [0.29, 0.717) is 0 Å². The Kier molecular flexibility index (Phi) is 4.04. The number of nitro benzene ring substituents is 1. The Balaban J connectivity index is 2.46. The van der Waals surface area contributed by atoms with Gasteiger partial charge in [-0.3, -0.25) is 10.1 Å². The molecule has 0 fully saturated rings. The van der Waals surface area contributed by atoms with Crippen LogP contribution in [0, 0.1) is 10.1 Å². The second kappa shape index (κ2) is 5.44. The van der Waals surface area contributed by atoms with E-state index in [9.17, 15) is 14.3 Å². The van der Waals surface area contributed by atoms with Gasteiger partial charge in [0.05, 0.1) is 15.4 Å². The average Bonchev–Trinajstić information content (AvgIpc) is 2.37. The first-order valence-corrected chi connectivity index (χ1v) is 7.67. The van der Waals surface area contributed by atoms with Crippen LogP contribution < -0.4 is 0 Å². The van der Waals surface area contributed by atoms with Crippen molar-refractivity contribution in [3.63, 3.8) is 0 Å². The maximum atomic E-state index is 12.2. The number of rotatable bonds is 2. The quantitative estimate of drug-likeness (QED) is 0.621. The molecule has 0 bridgehead atoms. The van der Waals surface area contributed by atoms with Crippen molar-refractivity contribution in [1.82, 2.24) is 0 Å². The van der Waals surface area contributed by atoms with Crippen molar-refractivity contribution in [3.05, 3.63) is 39.4 Å². The van der Waals surface area contributed by atoms with E-state index in [1.165, 1.54) is 6.07 Å². The lowest BCUT2D eigenvalue weighted by Crippen LogP contribution is -2.22. The SMILES string of the molecule is CC(C)(C)[S@@](=O)/N=C1\CCCc2ccc([N+](=O)[O-])cc21. The van der Waals surface area contributed by atoms with Gasteiger partial charge in [-0.1, -0.05) is 6.07 Å². The molecule has 0 aromatic heterocycles. The van der Waals surface area contributed by atoms with E-state index in [2.05, 4.69) is 4.40 Å². The fourth-order valence-electron chi connectivity index (χ4n) is 2.08. The molecule has 0 radical (unpaired) electrons. The number of hydrogen-bond donors (Lipinski definition) is 0. The van der Waals surface area contributed by atoms with Gasteiger partial charge in [-0.25, -0.2) is 4.21 Å². The standard InChI is InChI=1S/C14H18N2O3S/c1-14(2,3)20(19)15-13-6-4-5-10-7-8-11(16(17)18)9-12(10)13/h7-9H,4-6H2,1-3H3/b15-13+/t20-/m1/s1. The largest absolute Gasteiger partial charge is 0.270 e. The summed E-state index contributed by atoms with van der Waals surface area (Å²) in [7, 11) is -1.34. The first kappa shape index (κ1) is 14.8. The van der Waals surface area contributed by atoms with Gasteiger partial charge < -0.3 is 0 Å². The summed E-state index contributed by atoms with van der Waals surface area (Å²) < 4.78 is 16.0. The molecule has 108 valence electrons. The summed E-state index contributed by atoms with van der Waals surface area (Å²) in [4.78, 5) is 10.5. The van der Waals surface area contributed by atoms with Crippen LogP contribution >= 0.6 is 0 Å². The number of nitrogens with zero attached hydrogens (tertiary/aromatic N) is 2. The minimum atomic E-state index is -1.34. The fourth-order valence-corrected chi connectivity index (χ4v) is 2.74. The second-order valence-corrected chi connectivity index (χ2v) is 7.76. The van der Waals surface area contributed by atoms with Crippen LogP contribution in [0.1, 0.15) is 44.7 Å². The highest BCUT2D eigenvalue weighted by Gasteiger charge is 2.23. The number of benzene rings is 1. The predicted molar refractivity (Wildman–Crippen MR) is 80.5 cm³/mol. The van der Waals surface area contributed by atoms with E-state index < -0.39 is 20.7 Å². The lowest BCUT2D eigenvalue weighted by atomic mass is 9.90. The van der Waals surface area contributed by atoms with Gasteiger partial charge in [-0.15, -0.1) is 0 Å². The van der Waals surface area contributed by atoms with Crippen LogP contribution in [0.2, 0.25) is 0 Å². The molecule has 0 unspecified atom stereocenters. The second-order valence-electron chi connectivity index (χ2n) is 5.85. The molecule has 5 nitrogen and oxygen atoms in total. The van der Waals surface area contributed by atoms with Gasteiger partial charge in [0.2, 0.25) is 0 Å². The van der Waals surface area contributed by atoms with E-state index in [-0.39, 0.29) is 5.69 Å². The molecule has 0 saturated heterocycles. The third-order valence-corrected chi connectivity index (χ3v) is 4.63. The zero-order valence-corrected chi connectivity index (χ0v) is 12.7. The zero-order valence-electron chi connectivity index (χ0n) is 11.9. The van der Waals surface area contributed by atoms with Crippen LogP contribution in [0.3, 0.4) is 0 Å². The van der Waals surface area contributed by atoms with E-state index in [1.54, 1.807) is 12.1 Å². The van der Waals surface area contributed by atoms with Gasteiger partial charge >= 0.3 is 0 Å². The molecule has 1 aliphatic carbocycles. The highest BCUT2D eigenvalue weighted by Crippen LogP contribution is 2.27. The van der Waals surface area contributed by atoms with Gasteiger partial charge in [0.25, 0.3) is 5.69 Å². The third-order valence-electron chi connectivity index (χ3n) is 3.19. The monoisotopic (exact) mass is 294 g/mol. The number of non-ortho nitro benzene ring substituents is 1. The van der Waals surface area contributed by atoms with E-state index in [4.69, 9.17) is 0 Å². The van der Waals surface area contributed by atoms with Crippen LogP contribution in [-0.4, -0.2) is 19.6 Å². The van der Waals surface area contributed by atoms with Crippen molar-refractivity contribution in [3.8, 4) is 0 Å². The first-order chi connectivity index (χ1) is 9.29. The Labute approximate surface area is 120 Å². The molecule has 1 aliphatic rings. The van der Waals surface area contributed by atoms with E-state index in [1.807, 2.05) is 20.8 Å². The molecule has 0 amide bonds. The average molecular weight is 294 g/mol. The molecule has 0 aliphatic heterocycles. The van der Waals surface area contributed by atoms with Crippen LogP contribution in [0.5, 0.6) is 0 Å². The van der Waals surface area contributed by atoms with Crippen LogP contribution in [0.15, 0.2) is 22.6 Å². The number of nitro groups is 1. The number of hydrogen-bond acceptors (Lipinski definition) is 3. The number of aryl methyl sites for hydroxylation is 1. The fraction of sp³-hybridized carbons (Fsp3) is 0.500. The summed E-state index contributed by atoms with van der Waals surface area (Å²) in [6.07, 6.45) is 2.54. The van der Waals surface area contributed by atoms with E-state index in [0.717, 1.165) is 36.1 Å². The minimum absolute atomic E-state index is 0.0555. The summed E-state index contributed by atoms with van der Waals surface area (Å²) in [5.41, 5.74) is 2.61. The van der Waals surface area contributed by atoms with E-state index >= 15 is 0 Å². The van der Waals surface area contributed by atoms with Crippen LogP contribution in [-0.2, 0) is 17.4 Å². The van der Waals surface area contributed by atoms with Crippen molar-refractivity contribution in [1.29, 1.82) is 0 Å². The van der Waals surface area contributed by atoms with Crippen molar-refractivity contribution >= 4 is 22.4 Å². The number of fused-ring (bicyclic) bond motifs is 1. The van der Waals surface area contributed by atoms with Crippen molar-refractivity contribution < 1.29 is 9.13 Å². The lowest BCUT2D eigenvalue weighted by Gasteiger charge is -2.20. The summed E-state index contributed by atoms with van der Waals surface area (Å²) in [6.45, 7) is 5.60. The molecule has 0 heterocycles. The Bertz CT molecular complexity index is 603. The molecule has 1 aromatic rings. The maximum absolute atomic E-state index is 12.2. The Morgan fingerprint density at radius 1 is 1.30 bits per heavy atom. The molecular formula is C14H18N2O3S. The van der Waals surface area contributed by atoms with Gasteiger partial charge in [0, 0.05) is 17.7 Å². The molecule has 1 atom stereocenters. The van der Waals surface area contributed by atoms with Crippen molar-refractivity contribution in [2.75, 3.05) is 0 Å². The minimum Gasteiger partial charge on any atom is -0.258 e. The molecule has 2 rings (SSSR count). The Morgan fingerprint density at radius 2 is 2.00 bits per heavy atom. The zero-order chi connectivity index (χ0) is 14.9. The summed E-state index contributed by atoms with van der Waals surface area (Å²) >= 11 is 0. The van der Waals surface area contributed by atoms with Crippen molar-refractivity contribution in [2.24, 2.45) is 4.40 Å². The van der Waals surface area contributed by atoms with Gasteiger partial charge in [0.15, 0.2) is 0 Å². The topological polar surface area (TPSA) is 72.6 Å². The first-order valence-electron chi connectivity index (χ1n) is 6.56. The van der Waals surface area contributed by atoms with Gasteiger partial charge in [-0.2, -0.15) is 4.40 Å². The summed E-state index contributed by atoms with van der Waals surface area (Å²) in [6, 6.07) is 4.85. The molecule has 20 heavy (non-hydrogen) atoms. The highest BCUT2D eigenvalue weighted by atomic mass is 32.2. The predicted octanol–water partition coefficient (Wildman–Crippen LogP) is 3.18. The van der Waals surface area contributed by atoms with Crippen LogP contribution in [0.25, 0.3) is 0 Å². The molecule has 0 N–H and O–H groups in total. The van der Waals surface area contributed by atoms with Crippen molar-refractivity contribution in [2.45, 2.75) is 44.8 Å². The summed E-state index contributed by atoms with van der Waals surface area (Å²) in [5.74, 6) is 0. The molecule has 0 saturated carbocycles. The molecular weight excluding hydrogens is 276 g/mol. The normalized spacial score (nSPS) is 18.6. The molecule has 6 heteroatoms. The lowest BCUT2D eigenvalue weighted by molar-refractivity contribution is -0.384. The molecule has 0 spiro atoms. The highest BCUT2D eigenvalue weighted by molar-refractivity contribution is 7.85. The van der Waals surface area contributed by atoms with Crippen LogP contribution in [0.4, 0.5) is 5.69 Å². The molecule has 1 aromatic carbocycles. The van der Waals surface area contributed by atoms with Gasteiger partial charge in [-0.05, 0) is 45.6 Å². The third kappa shape index (κ3) is 3.12. The maximum Gasteiger partial charge on any atom is 0.270 e. The summed E-state index contributed by atoms with van der Waals surface area (Å²) in [5, 5.41) is 10.9. The smallest absolute Gasteiger partial charge is 0.258 e. The van der Waals surface area contributed by atoms with Gasteiger partial charge in [0.1, 0.15) is 11.0 Å².